The van der Waals surface area contributed by atoms with Crippen LogP contribution in [-0.4, -0.2) is 66.8 Å². The Morgan fingerprint density at radius 3 is 2.11 bits per heavy atom. The summed E-state index contributed by atoms with van der Waals surface area (Å²) in [6, 6.07) is 19.7. The third kappa shape index (κ3) is 10.2. The first-order valence-electron chi connectivity index (χ1n) is 13.4. The number of amides is 3. The van der Waals surface area contributed by atoms with Crippen molar-refractivity contribution in [2.24, 2.45) is 0 Å². The number of nitrogens with zero attached hydrogens (tertiary/aromatic N) is 2. The van der Waals surface area contributed by atoms with Crippen molar-refractivity contribution in [1.29, 1.82) is 0 Å². The lowest BCUT2D eigenvalue weighted by Crippen LogP contribution is -2.35. The van der Waals surface area contributed by atoms with Gasteiger partial charge in [-0.25, -0.2) is 0 Å². The first-order valence-corrected chi connectivity index (χ1v) is 13.4. The smallest absolute Gasteiger partial charge is 0.246 e. The highest BCUT2D eigenvalue weighted by Gasteiger charge is 2.17. The van der Waals surface area contributed by atoms with Gasteiger partial charge < -0.3 is 20.4 Å². The van der Waals surface area contributed by atoms with Crippen molar-refractivity contribution in [1.82, 2.24) is 20.4 Å². The van der Waals surface area contributed by atoms with Gasteiger partial charge in [0.2, 0.25) is 17.7 Å². The maximum Gasteiger partial charge on any atom is 0.246 e. The molecule has 2 aromatic rings. The van der Waals surface area contributed by atoms with E-state index in [1.54, 1.807) is 13.0 Å². The van der Waals surface area contributed by atoms with Crippen LogP contribution >= 0.6 is 0 Å². The van der Waals surface area contributed by atoms with E-state index in [1.807, 2.05) is 76.5 Å². The lowest BCUT2D eigenvalue weighted by Gasteiger charge is -2.24. The summed E-state index contributed by atoms with van der Waals surface area (Å²) >= 11 is 0. The number of benzene rings is 2. The van der Waals surface area contributed by atoms with Crippen LogP contribution < -0.4 is 10.6 Å². The summed E-state index contributed by atoms with van der Waals surface area (Å²) in [6.07, 6.45) is 6.93. The van der Waals surface area contributed by atoms with Crippen molar-refractivity contribution in [3.8, 4) is 0 Å². The molecule has 1 fully saturated rings. The van der Waals surface area contributed by atoms with Crippen LogP contribution in [0.2, 0.25) is 0 Å². The molecule has 1 unspecified atom stereocenters. The molecule has 1 saturated heterocycles. The van der Waals surface area contributed by atoms with Crippen molar-refractivity contribution in [3.63, 3.8) is 0 Å². The fraction of sp³-hybridized carbons (Fsp3) is 0.433. The van der Waals surface area contributed by atoms with Crippen molar-refractivity contribution in [3.05, 3.63) is 77.9 Å². The number of carbonyl (C=O) groups is 3. The average Bonchev–Trinajstić information content (AvgIpc) is 2.91. The van der Waals surface area contributed by atoms with E-state index in [1.165, 1.54) is 0 Å². The molecule has 0 spiro atoms. The highest BCUT2D eigenvalue weighted by molar-refractivity contribution is 5.91. The van der Waals surface area contributed by atoms with Gasteiger partial charge in [-0.05, 0) is 49.4 Å². The second-order valence-electron chi connectivity index (χ2n) is 9.46. The molecule has 2 N–H and O–H groups in total. The molecule has 0 aliphatic carbocycles. The molecule has 7 nitrogen and oxygen atoms in total. The molecule has 37 heavy (non-hydrogen) atoms. The number of carbonyl (C=O) groups excluding carboxylic acids is 3. The van der Waals surface area contributed by atoms with E-state index in [0.29, 0.717) is 52.1 Å². The minimum absolute atomic E-state index is 0.0159. The minimum atomic E-state index is -0.0936. The molecule has 2 aromatic carbocycles. The van der Waals surface area contributed by atoms with Crippen LogP contribution in [0.5, 0.6) is 0 Å². The summed E-state index contributed by atoms with van der Waals surface area (Å²) in [4.78, 5) is 41.6. The van der Waals surface area contributed by atoms with Crippen LogP contribution in [0, 0.1) is 0 Å². The van der Waals surface area contributed by atoms with Gasteiger partial charge in [0.1, 0.15) is 0 Å². The van der Waals surface area contributed by atoms with Crippen LogP contribution in [0.1, 0.15) is 56.2 Å². The van der Waals surface area contributed by atoms with Crippen molar-refractivity contribution in [2.75, 3.05) is 39.3 Å². The Morgan fingerprint density at radius 2 is 1.41 bits per heavy atom. The van der Waals surface area contributed by atoms with E-state index in [4.69, 9.17) is 0 Å². The first kappa shape index (κ1) is 28.1. The molecule has 7 heteroatoms. The summed E-state index contributed by atoms with van der Waals surface area (Å²) in [6.45, 7) is 5.37. The van der Waals surface area contributed by atoms with Gasteiger partial charge in [-0.1, -0.05) is 60.7 Å². The zero-order valence-electron chi connectivity index (χ0n) is 21.9. The largest absolute Gasteiger partial charge is 0.356 e. The highest BCUT2D eigenvalue weighted by Crippen LogP contribution is 2.16. The van der Waals surface area contributed by atoms with E-state index in [2.05, 4.69) is 10.6 Å². The molecule has 0 radical (unpaired) electrons. The SMILES string of the molecule is CC(=O)N1CCCCN(C(=O)/C=C/c2ccccc2)CCCNC(=O)CC(c2ccccc2)NCCC1. The fourth-order valence-corrected chi connectivity index (χ4v) is 4.50. The summed E-state index contributed by atoms with van der Waals surface area (Å²) in [7, 11) is 0. The molecule has 198 valence electrons. The van der Waals surface area contributed by atoms with E-state index >= 15 is 0 Å². The Hall–Kier alpha value is -3.45. The predicted molar refractivity (Wildman–Crippen MR) is 148 cm³/mol. The highest BCUT2D eigenvalue weighted by atomic mass is 16.2. The quantitative estimate of drug-likeness (QED) is 0.624. The maximum absolute atomic E-state index is 13.0. The molecule has 3 rings (SSSR count). The third-order valence-electron chi connectivity index (χ3n) is 6.59. The topological polar surface area (TPSA) is 81.8 Å². The molecule has 1 aliphatic heterocycles. The molecule has 0 aromatic heterocycles. The van der Waals surface area contributed by atoms with Crippen LogP contribution in [0.3, 0.4) is 0 Å². The van der Waals surface area contributed by atoms with Gasteiger partial charge in [-0.2, -0.15) is 0 Å². The number of nitrogens with one attached hydrogen (secondary N) is 2. The molecule has 3 amide bonds. The first-order chi connectivity index (χ1) is 18.0. The third-order valence-corrected chi connectivity index (χ3v) is 6.59. The molecule has 1 atom stereocenters. The zero-order valence-corrected chi connectivity index (χ0v) is 21.9. The number of hydrogen-bond donors (Lipinski definition) is 2. The van der Waals surface area contributed by atoms with E-state index < -0.39 is 0 Å². The Kier molecular flexibility index (Phi) is 11.9. The Labute approximate surface area is 220 Å². The van der Waals surface area contributed by atoms with Crippen molar-refractivity contribution in [2.45, 2.75) is 45.1 Å². The van der Waals surface area contributed by atoms with E-state index in [9.17, 15) is 14.4 Å². The van der Waals surface area contributed by atoms with Gasteiger partial charge >= 0.3 is 0 Å². The number of hydrogen-bond acceptors (Lipinski definition) is 4. The van der Waals surface area contributed by atoms with Gasteiger partial charge in [0.05, 0.1) is 0 Å². The Morgan fingerprint density at radius 1 is 0.811 bits per heavy atom. The lowest BCUT2D eigenvalue weighted by molar-refractivity contribution is -0.129. The predicted octanol–water partition coefficient (Wildman–Crippen LogP) is 3.79. The summed E-state index contributed by atoms with van der Waals surface area (Å²) < 4.78 is 0. The lowest BCUT2D eigenvalue weighted by atomic mass is 10.0. The second-order valence-corrected chi connectivity index (χ2v) is 9.46. The van der Waals surface area contributed by atoms with Crippen LogP contribution in [0.15, 0.2) is 66.7 Å². The van der Waals surface area contributed by atoms with E-state index in [-0.39, 0.29) is 23.8 Å². The fourth-order valence-electron chi connectivity index (χ4n) is 4.50. The molecule has 1 aliphatic rings. The zero-order chi connectivity index (χ0) is 26.3. The summed E-state index contributed by atoms with van der Waals surface area (Å²) in [5.74, 6) is 0.0124. The van der Waals surface area contributed by atoms with Crippen molar-refractivity contribution < 1.29 is 14.4 Å². The summed E-state index contributed by atoms with van der Waals surface area (Å²) in [5, 5.41) is 6.54. The molecule has 0 saturated carbocycles. The van der Waals surface area contributed by atoms with Crippen LogP contribution in [0.25, 0.3) is 6.08 Å². The van der Waals surface area contributed by atoms with Gasteiger partial charge in [0.25, 0.3) is 0 Å². The minimum Gasteiger partial charge on any atom is -0.356 e. The normalized spacial score (nSPS) is 19.3. The molecular weight excluding hydrogens is 464 g/mol. The monoisotopic (exact) mass is 504 g/mol. The average molecular weight is 505 g/mol. The van der Waals surface area contributed by atoms with E-state index in [0.717, 1.165) is 30.4 Å². The molecular formula is C30H40N4O3. The van der Waals surface area contributed by atoms with Crippen LogP contribution in [0.4, 0.5) is 0 Å². The van der Waals surface area contributed by atoms with Crippen LogP contribution in [-0.2, 0) is 14.4 Å². The number of rotatable bonds is 3. The maximum atomic E-state index is 13.0. The summed E-state index contributed by atoms with van der Waals surface area (Å²) in [5.41, 5.74) is 2.05. The Balaban J connectivity index is 1.66. The van der Waals surface area contributed by atoms with Crippen molar-refractivity contribution >= 4 is 23.8 Å². The second kappa shape index (κ2) is 15.6. The standard InChI is InChI=1S/C30H40N4O3/c1-25(35)33-20-8-9-21-34(30(37)17-16-26-12-4-2-5-13-26)23-11-19-32-29(36)24-28(31-18-10-22-33)27-14-6-3-7-15-27/h2-7,12-17,28,31H,8-11,18-24H2,1H3,(H,32,36)/b17-16+. The molecule has 1 heterocycles. The van der Waals surface area contributed by atoms with Gasteiger partial charge in [0, 0.05) is 58.2 Å². The molecule has 0 bridgehead atoms. The Bertz CT molecular complexity index is 1010. The van der Waals surface area contributed by atoms with Gasteiger partial charge in [-0.15, -0.1) is 0 Å². The van der Waals surface area contributed by atoms with Gasteiger partial charge in [-0.3, -0.25) is 14.4 Å². The van der Waals surface area contributed by atoms with Gasteiger partial charge in [0.15, 0.2) is 0 Å².